The summed E-state index contributed by atoms with van der Waals surface area (Å²) < 4.78 is 43.2. The Morgan fingerprint density at radius 1 is 1.33 bits per heavy atom. The van der Waals surface area contributed by atoms with E-state index in [1.807, 2.05) is 13.2 Å². The van der Waals surface area contributed by atoms with Crippen LogP contribution in [-0.4, -0.2) is 36.7 Å². The van der Waals surface area contributed by atoms with Crippen LogP contribution in [0.25, 0.3) is 0 Å². The molecule has 0 unspecified atom stereocenters. The zero-order valence-electron chi connectivity index (χ0n) is 14.3. The summed E-state index contributed by atoms with van der Waals surface area (Å²) in [6.07, 6.45) is 2.01. The van der Waals surface area contributed by atoms with Crippen molar-refractivity contribution in [1.29, 1.82) is 0 Å². The summed E-state index contributed by atoms with van der Waals surface area (Å²) in [6.45, 7) is 4.23. The molecule has 0 spiro atoms. The zero-order chi connectivity index (χ0) is 18.2. The molecule has 24 heavy (non-hydrogen) atoms. The van der Waals surface area contributed by atoms with Gasteiger partial charge in [-0.05, 0) is 39.2 Å². The fourth-order valence-electron chi connectivity index (χ4n) is 1.77. The maximum absolute atomic E-state index is 13.9. The second-order valence-corrected chi connectivity index (χ2v) is 7.12. The SMILES string of the molecule is CCNC(=NCc1c(F)cccc1OC(F)F)NCC(C)(C)SC. The summed E-state index contributed by atoms with van der Waals surface area (Å²) in [5.74, 6) is -0.336. The van der Waals surface area contributed by atoms with E-state index in [0.717, 1.165) is 0 Å². The average molecular weight is 363 g/mol. The largest absolute Gasteiger partial charge is 0.434 e. The third kappa shape index (κ3) is 6.90. The summed E-state index contributed by atoms with van der Waals surface area (Å²) in [5.41, 5.74) is -0.000806. The molecule has 0 aromatic heterocycles. The van der Waals surface area contributed by atoms with Gasteiger partial charge >= 0.3 is 6.61 Å². The van der Waals surface area contributed by atoms with E-state index in [9.17, 15) is 13.2 Å². The molecule has 4 nitrogen and oxygen atoms in total. The number of alkyl halides is 2. The van der Waals surface area contributed by atoms with E-state index < -0.39 is 12.4 Å². The minimum absolute atomic E-state index is 0.000806. The molecule has 1 aromatic carbocycles. The molecule has 0 aliphatic rings. The fraction of sp³-hybridized carbons (Fsp3) is 0.562. The van der Waals surface area contributed by atoms with E-state index in [4.69, 9.17) is 0 Å². The van der Waals surface area contributed by atoms with Crippen LogP contribution in [0.5, 0.6) is 5.75 Å². The standard InChI is InChI=1S/C16H24F3N3OS/c1-5-20-15(22-10-16(2,3)24-4)21-9-11-12(17)7-6-8-13(11)23-14(18)19/h6-8,14H,5,9-10H2,1-4H3,(H2,20,21,22). The predicted octanol–water partition coefficient (Wildman–Crippen LogP) is 3.62. The van der Waals surface area contributed by atoms with Crippen LogP contribution in [0.1, 0.15) is 26.3 Å². The van der Waals surface area contributed by atoms with Gasteiger partial charge in [0.15, 0.2) is 5.96 Å². The monoisotopic (exact) mass is 363 g/mol. The van der Waals surface area contributed by atoms with E-state index in [0.29, 0.717) is 19.0 Å². The van der Waals surface area contributed by atoms with Gasteiger partial charge in [0.05, 0.1) is 12.1 Å². The van der Waals surface area contributed by atoms with Crippen LogP contribution >= 0.6 is 11.8 Å². The normalized spacial score (nSPS) is 12.4. The van der Waals surface area contributed by atoms with Gasteiger partial charge < -0.3 is 15.4 Å². The van der Waals surface area contributed by atoms with Crippen molar-refractivity contribution in [1.82, 2.24) is 10.6 Å². The number of hydrogen-bond donors (Lipinski definition) is 2. The number of guanidine groups is 1. The van der Waals surface area contributed by atoms with Crippen molar-refractivity contribution in [2.45, 2.75) is 38.7 Å². The molecule has 0 aliphatic carbocycles. The van der Waals surface area contributed by atoms with Crippen LogP contribution in [0, 0.1) is 5.82 Å². The average Bonchev–Trinajstić information content (AvgIpc) is 2.51. The van der Waals surface area contributed by atoms with Crippen LogP contribution in [-0.2, 0) is 6.54 Å². The van der Waals surface area contributed by atoms with Gasteiger partial charge in [-0.25, -0.2) is 9.38 Å². The maximum Gasteiger partial charge on any atom is 0.387 e. The first-order chi connectivity index (χ1) is 11.3. The van der Waals surface area contributed by atoms with Crippen LogP contribution in [0.4, 0.5) is 13.2 Å². The number of thioether (sulfide) groups is 1. The van der Waals surface area contributed by atoms with Gasteiger partial charge in [0.2, 0.25) is 0 Å². The van der Waals surface area contributed by atoms with Crippen molar-refractivity contribution >= 4 is 17.7 Å². The Labute approximate surface area is 145 Å². The predicted molar refractivity (Wildman–Crippen MR) is 93.4 cm³/mol. The molecule has 0 atom stereocenters. The minimum Gasteiger partial charge on any atom is -0.434 e. The van der Waals surface area contributed by atoms with Gasteiger partial charge in [-0.2, -0.15) is 20.5 Å². The van der Waals surface area contributed by atoms with Crippen molar-refractivity contribution in [2.24, 2.45) is 4.99 Å². The second kappa shape index (κ2) is 9.66. The maximum atomic E-state index is 13.9. The summed E-state index contributed by atoms with van der Waals surface area (Å²) >= 11 is 1.70. The van der Waals surface area contributed by atoms with Crippen molar-refractivity contribution in [3.05, 3.63) is 29.6 Å². The molecule has 0 radical (unpaired) electrons. The Morgan fingerprint density at radius 3 is 2.62 bits per heavy atom. The molecule has 0 aliphatic heterocycles. The van der Waals surface area contributed by atoms with Crippen molar-refractivity contribution < 1.29 is 17.9 Å². The third-order valence-electron chi connectivity index (χ3n) is 3.27. The molecule has 0 saturated carbocycles. The van der Waals surface area contributed by atoms with Gasteiger partial charge in [-0.15, -0.1) is 0 Å². The Hall–Kier alpha value is -1.57. The van der Waals surface area contributed by atoms with Gasteiger partial charge in [-0.3, -0.25) is 0 Å². The Kier molecular flexibility index (Phi) is 8.24. The molecule has 0 amide bonds. The number of nitrogens with zero attached hydrogens (tertiary/aromatic N) is 1. The first-order valence-corrected chi connectivity index (χ1v) is 8.81. The number of benzene rings is 1. The summed E-state index contributed by atoms with van der Waals surface area (Å²) in [7, 11) is 0. The van der Waals surface area contributed by atoms with Crippen LogP contribution in [0.15, 0.2) is 23.2 Å². The topological polar surface area (TPSA) is 45.7 Å². The van der Waals surface area contributed by atoms with Crippen LogP contribution < -0.4 is 15.4 Å². The molecule has 0 heterocycles. The quantitative estimate of drug-likeness (QED) is 0.547. The van der Waals surface area contributed by atoms with Crippen LogP contribution in [0.2, 0.25) is 0 Å². The molecular weight excluding hydrogens is 339 g/mol. The highest BCUT2D eigenvalue weighted by molar-refractivity contribution is 7.99. The summed E-state index contributed by atoms with van der Waals surface area (Å²) in [4.78, 5) is 4.27. The van der Waals surface area contributed by atoms with E-state index in [1.165, 1.54) is 18.2 Å². The van der Waals surface area contributed by atoms with Gasteiger partial charge in [-0.1, -0.05) is 6.07 Å². The molecule has 136 valence electrons. The number of halogens is 3. The van der Waals surface area contributed by atoms with E-state index in [-0.39, 0.29) is 22.6 Å². The lowest BCUT2D eigenvalue weighted by molar-refractivity contribution is -0.0506. The molecule has 8 heteroatoms. The summed E-state index contributed by atoms with van der Waals surface area (Å²) in [5, 5.41) is 6.22. The smallest absolute Gasteiger partial charge is 0.387 e. The molecule has 1 aromatic rings. The first kappa shape index (κ1) is 20.5. The Morgan fingerprint density at radius 2 is 2.04 bits per heavy atom. The molecule has 0 saturated heterocycles. The number of nitrogens with one attached hydrogen (secondary N) is 2. The lowest BCUT2D eigenvalue weighted by Gasteiger charge is -2.23. The van der Waals surface area contributed by atoms with Crippen LogP contribution in [0.3, 0.4) is 0 Å². The molecule has 0 fully saturated rings. The van der Waals surface area contributed by atoms with E-state index in [1.54, 1.807) is 11.8 Å². The number of ether oxygens (including phenoxy) is 1. The minimum atomic E-state index is -3.01. The van der Waals surface area contributed by atoms with E-state index >= 15 is 0 Å². The second-order valence-electron chi connectivity index (χ2n) is 5.61. The molecule has 0 bridgehead atoms. The van der Waals surface area contributed by atoms with Gasteiger partial charge in [0, 0.05) is 17.8 Å². The number of hydrogen-bond acceptors (Lipinski definition) is 3. The highest BCUT2D eigenvalue weighted by Crippen LogP contribution is 2.24. The highest BCUT2D eigenvalue weighted by Gasteiger charge is 2.17. The number of rotatable bonds is 8. The zero-order valence-corrected chi connectivity index (χ0v) is 15.1. The molecular formula is C16H24F3N3OS. The van der Waals surface area contributed by atoms with Crippen molar-refractivity contribution in [3.8, 4) is 5.75 Å². The summed E-state index contributed by atoms with van der Waals surface area (Å²) in [6, 6.07) is 3.82. The third-order valence-corrected chi connectivity index (χ3v) is 4.52. The molecule has 1 rings (SSSR count). The van der Waals surface area contributed by atoms with Gasteiger partial charge in [0.1, 0.15) is 11.6 Å². The van der Waals surface area contributed by atoms with Gasteiger partial charge in [0.25, 0.3) is 0 Å². The van der Waals surface area contributed by atoms with Crippen molar-refractivity contribution in [3.63, 3.8) is 0 Å². The lowest BCUT2D eigenvalue weighted by Crippen LogP contribution is -2.43. The van der Waals surface area contributed by atoms with E-state index in [2.05, 4.69) is 34.2 Å². The Bertz CT molecular complexity index is 553. The first-order valence-electron chi connectivity index (χ1n) is 7.58. The number of aliphatic imine (C=N–C) groups is 1. The Balaban J connectivity index is 2.89. The van der Waals surface area contributed by atoms with Crippen molar-refractivity contribution in [2.75, 3.05) is 19.3 Å². The molecule has 2 N–H and O–H groups in total. The highest BCUT2D eigenvalue weighted by atomic mass is 32.2. The fourth-order valence-corrected chi connectivity index (χ4v) is 1.98. The lowest BCUT2D eigenvalue weighted by atomic mass is 10.2.